The number of hydrogen-bond donors (Lipinski definition) is 2. The van der Waals surface area contributed by atoms with E-state index >= 15 is 0 Å². The largest absolute Gasteiger partial charge is 0.448 e. The number of carbonyl (C=O) groups is 1. The van der Waals surface area contributed by atoms with Crippen LogP contribution in [0.4, 0.5) is 16.2 Å². The van der Waals surface area contributed by atoms with Crippen molar-refractivity contribution in [1.82, 2.24) is 9.97 Å². The first-order valence-corrected chi connectivity index (χ1v) is 10.4. The number of fused-ring (bicyclic) bond motifs is 1. The molecule has 3 rings (SSSR count). The number of aromatic amines is 1. The molecule has 9 heteroatoms. The third kappa shape index (κ3) is 4.98. The number of anilines is 2. The Hall–Kier alpha value is -2.55. The van der Waals surface area contributed by atoms with Crippen molar-refractivity contribution in [2.75, 3.05) is 35.4 Å². The first kappa shape index (κ1) is 18.2. The highest BCUT2D eigenvalue weighted by Gasteiger charge is 2.18. The molecule has 8 nitrogen and oxygen atoms in total. The zero-order chi connectivity index (χ0) is 18.6. The fourth-order valence-electron chi connectivity index (χ4n) is 2.91. The predicted octanol–water partition coefficient (Wildman–Crippen LogP) is 1.96. The van der Waals surface area contributed by atoms with Crippen LogP contribution in [0.25, 0.3) is 0 Å². The van der Waals surface area contributed by atoms with Gasteiger partial charge in [0.25, 0.3) is 0 Å². The molecule has 1 amide bonds. The van der Waals surface area contributed by atoms with Crippen molar-refractivity contribution >= 4 is 27.3 Å². The van der Waals surface area contributed by atoms with Crippen LogP contribution in [0, 0.1) is 0 Å². The summed E-state index contributed by atoms with van der Waals surface area (Å²) in [6.45, 7) is 1.45. The molecule has 140 valence electrons. The molecule has 0 spiro atoms. The molecule has 0 unspecified atom stereocenters. The molecular formula is C17H22N4O4S. The molecule has 0 aliphatic carbocycles. The quantitative estimate of drug-likeness (QED) is 0.796. The number of carbonyl (C=O) groups excluding carboxylic acids is 1. The summed E-state index contributed by atoms with van der Waals surface area (Å²) in [6.07, 6.45) is 6.03. The van der Waals surface area contributed by atoms with E-state index in [2.05, 4.69) is 20.2 Å². The standard InChI is InChI=1S/C17H22N4O4S/c1-26(23,24)8-7-25-17(22)20-14-5-4-13-3-2-6-21(16(13)9-14)11-15-10-18-12-19-15/h4-5,9-10,12H,2-3,6-8,11H2,1H3,(H,18,19)(H,20,22). The van der Waals surface area contributed by atoms with Gasteiger partial charge in [0.05, 0.1) is 24.3 Å². The van der Waals surface area contributed by atoms with Crippen molar-refractivity contribution < 1.29 is 17.9 Å². The van der Waals surface area contributed by atoms with Crippen molar-refractivity contribution in [2.45, 2.75) is 19.4 Å². The molecule has 0 saturated heterocycles. The summed E-state index contributed by atoms with van der Waals surface area (Å²) in [5.74, 6) is -0.192. The predicted molar refractivity (Wildman–Crippen MR) is 99.1 cm³/mol. The van der Waals surface area contributed by atoms with E-state index in [4.69, 9.17) is 4.74 Å². The lowest BCUT2D eigenvalue weighted by molar-refractivity contribution is 0.168. The topological polar surface area (TPSA) is 104 Å². The van der Waals surface area contributed by atoms with Gasteiger partial charge in [0.2, 0.25) is 0 Å². The van der Waals surface area contributed by atoms with Gasteiger partial charge in [0.1, 0.15) is 6.61 Å². The Morgan fingerprint density at radius 1 is 1.42 bits per heavy atom. The summed E-state index contributed by atoms with van der Waals surface area (Å²) in [6, 6.07) is 5.74. The molecule has 2 heterocycles. The molecule has 0 fully saturated rings. The average Bonchev–Trinajstić information content (AvgIpc) is 3.07. The zero-order valence-corrected chi connectivity index (χ0v) is 15.4. The molecule has 26 heavy (non-hydrogen) atoms. The van der Waals surface area contributed by atoms with Crippen LogP contribution in [0.2, 0.25) is 0 Å². The lowest BCUT2D eigenvalue weighted by Gasteiger charge is -2.31. The number of nitrogens with one attached hydrogen (secondary N) is 2. The molecule has 2 aromatic rings. The van der Waals surface area contributed by atoms with Crippen LogP contribution in [0.1, 0.15) is 17.7 Å². The molecule has 0 saturated carbocycles. The maximum absolute atomic E-state index is 11.8. The van der Waals surface area contributed by atoms with E-state index in [9.17, 15) is 13.2 Å². The summed E-state index contributed by atoms with van der Waals surface area (Å²) >= 11 is 0. The first-order valence-electron chi connectivity index (χ1n) is 8.38. The van der Waals surface area contributed by atoms with Gasteiger partial charge in [-0.05, 0) is 30.5 Å². The van der Waals surface area contributed by atoms with Crippen molar-refractivity contribution in [1.29, 1.82) is 0 Å². The SMILES string of the molecule is CS(=O)(=O)CCOC(=O)Nc1ccc2c(c1)N(Cc1c[nH]cn1)CCC2. The van der Waals surface area contributed by atoms with Gasteiger partial charge in [0.15, 0.2) is 9.84 Å². The van der Waals surface area contributed by atoms with Gasteiger partial charge in [-0.25, -0.2) is 18.2 Å². The number of hydrogen-bond acceptors (Lipinski definition) is 6. The second-order valence-corrected chi connectivity index (χ2v) is 8.58. The molecule has 1 aromatic heterocycles. The average molecular weight is 378 g/mol. The molecule has 0 atom stereocenters. The van der Waals surface area contributed by atoms with E-state index in [1.54, 1.807) is 6.33 Å². The van der Waals surface area contributed by atoms with E-state index in [0.29, 0.717) is 12.2 Å². The van der Waals surface area contributed by atoms with Gasteiger partial charge in [-0.1, -0.05) is 6.07 Å². The maximum Gasteiger partial charge on any atom is 0.411 e. The monoisotopic (exact) mass is 378 g/mol. The molecular weight excluding hydrogens is 356 g/mol. The van der Waals surface area contributed by atoms with Crippen LogP contribution in [0.3, 0.4) is 0 Å². The van der Waals surface area contributed by atoms with Gasteiger partial charge in [-0.2, -0.15) is 0 Å². The highest BCUT2D eigenvalue weighted by atomic mass is 32.2. The van der Waals surface area contributed by atoms with E-state index in [1.807, 2.05) is 24.4 Å². The smallest absolute Gasteiger partial charge is 0.411 e. The number of nitrogens with zero attached hydrogens (tertiary/aromatic N) is 2. The molecule has 1 aliphatic rings. The van der Waals surface area contributed by atoms with Gasteiger partial charge >= 0.3 is 6.09 Å². The number of imidazole rings is 1. The second-order valence-electron chi connectivity index (χ2n) is 6.32. The molecule has 0 radical (unpaired) electrons. The number of sulfone groups is 1. The Labute approximate surface area is 152 Å². The Morgan fingerprint density at radius 2 is 2.27 bits per heavy atom. The van der Waals surface area contributed by atoms with E-state index in [1.165, 1.54) is 5.56 Å². The lowest BCUT2D eigenvalue weighted by atomic mass is 10.0. The van der Waals surface area contributed by atoms with Crippen molar-refractivity contribution in [3.8, 4) is 0 Å². The number of rotatable bonds is 6. The summed E-state index contributed by atoms with van der Waals surface area (Å²) in [5, 5.41) is 2.65. The Morgan fingerprint density at radius 3 is 3.00 bits per heavy atom. The number of amides is 1. The Bertz CT molecular complexity index is 865. The van der Waals surface area contributed by atoms with E-state index < -0.39 is 15.9 Å². The van der Waals surface area contributed by atoms with Gasteiger partial charge in [-0.3, -0.25) is 5.32 Å². The third-order valence-corrected chi connectivity index (χ3v) is 5.05. The van der Waals surface area contributed by atoms with Crippen molar-refractivity contribution in [2.24, 2.45) is 0 Å². The molecule has 1 aliphatic heterocycles. The minimum Gasteiger partial charge on any atom is -0.448 e. The number of benzene rings is 1. The van der Waals surface area contributed by atoms with Crippen LogP contribution in [0.15, 0.2) is 30.7 Å². The van der Waals surface area contributed by atoms with Gasteiger partial charge in [0, 0.05) is 30.4 Å². The lowest BCUT2D eigenvalue weighted by Crippen LogP contribution is -2.29. The number of aryl methyl sites for hydroxylation is 1. The minimum absolute atomic E-state index is 0.166. The zero-order valence-electron chi connectivity index (χ0n) is 14.6. The highest BCUT2D eigenvalue weighted by molar-refractivity contribution is 7.90. The Balaban J connectivity index is 1.65. The summed E-state index contributed by atoms with van der Waals surface area (Å²) < 4.78 is 27.1. The van der Waals surface area contributed by atoms with Gasteiger partial charge < -0.3 is 14.6 Å². The molecule has 0 bridgehead atoms. The number of H-pyrrole nitrogens is 1. The fourth-order valence-corrected chi connectivity index (χ4v) is 3.29. The normalized spacial score (nSPS) is 14.0. The van der Waals surface area contributed by atoms with Crippen molar-refractivity contribution in [3.63, 3.8) is 0 Å². The maximum atomic E-state index is 11.8. The number of ether oxygens (including phenoxy) is 1. The van der Waals surface area contributed by atoms with Crippen LogP contribution in [0.5, 0.6) is 0 Å². The Kier molecular flexibility index (Phi) is 5.46. The van der Waals surface area contributed by atoms with Crippen LogP contribution in [-0.2, 0) is 27.5 Å². The molecule has 1 aromatic carbocycles. The number of aromatic nitrogens is 2. The summed E-state index contributed by atoms with van der Waals surface area (Å²) in [5.41, 5.74) is 3.86. The van der Waals surface area contributed by atoms with Crippen LogP contribution >= 0.6 is 0 Å². The second kappa shape index (κ2) is 7.77. The third-order valence-electron chi connectivity index (χ3n) is 4.14. The van der Waals surface area contributed by atoms with Crippen molar-refractivity contribution in [3.05, 3.63) is 42.0 Å². The molecule has 2 N–H and O–H groups in total. The first-order chi connectivity index (χ1) is 12.4. The van der Waals surface area contributed by atoms with Gasteiger partial charge in [-0.15, -0.1) is 0 Å². The highest BCUT2D eigenvalue weighted by Crippen LogP contribution is 2.31. The van der Waals surface area contributed by atoms with E-state index in [0.717, 1.165) is 37.0 Å². The summed E-state index contributed by atoms with van der Waals surface area (Å²) in [7, 11) is -3.16. The fraction of sp³-hybridized carbons (Fsp3) is 0.412. The summed E-state index contributed by atoms with van der Waals surface area (Å²) in [4.78, 5) is 21.3. The minimum atomic E-state index is -3.16. The van der Waals surface area contributed by atoms with Crippen LogP contribution in [-0.4, -0.2) is 49.6 Å². The van der Waals surface area contributed by atoms with E-state index in [-0.39, 0.29) is 12.4 Å². The van der Waals surface area contributed by atoms with Crippen LogP contribution < -0.4 is 10.2 Å².